The molecule has 0 aliphatic carbocycles. The maximum Gasteiger partial charge on any atom is 0.280 e. The molecule has 0 aliphatic heterocycles. The van der Waals surface area contributed by atoms with Crippen LogP contribution in [0.15, 0.2) is 17.7 Å². The first-order valence-electron chi connectivity index (χ1n) is 5.26. The SMILES string of the molecule is COc1cc(/C=C(\C#N)C(N)=O)c([N+](=O)[O-])cc1OC. The topological polar surface area (TPSA) is 128 Å². The minimum Gasteiger partial charge on any atom is -0.493 e. The third-order valence-corrected chi connectivity index (χ3v) is 2.42. The Morgan fingerprint density at radius 1 is 1.40 bits per heavy atom. The zero-order valence-electron chi connectivity index (χ0n) is 10.7. The number of nitriles is 1. The summed E-state index contributed by atoms with van der Waals surface area (Å²) in [6.07, 6.45) is 1.03. The average Bonchev–Trinajstić information content (AvgIpc) is 2.43. The van der Waals surface area contributed by atoms with E-state index in [-0.39, 0.29) is 22.7 Å². The maximum absolute atomic E-state index is 11.0. The van der Waals surface area contributed by atoms with Crippen molar-refractivity contribution in [3.05, 3.63) is 33.4 Å². The van der Waals surface area contributed by atoms with Gasteiger partial charge in [-0.05, 0) is 12.1 Å². The van der Waals surface area contributed by atoms with Gasteiger partial charge >= 0.3 is 0 Å². The highest BCUT2D eigenvalue weighted by molar-refractivity contribution is 6.01. The molecule has 0 radical (unpaired) electrons. The molecule has 0 atom stereocenters. The molecule has 0 heterocycles. The highest BCUT2D eigenvalue weighted by atomic mass is 16.6. The Hall–Kier alpha value is -3.08. The van der Waals surface area contributed by atoms with Crippen LogP contribution in [0.3, 0.4) is 0 Å². The molecule has 8 nitrogen and oxygen atoms in total. The molecule has 104 valence electrons. The van der Waals surface area contributed by atoms with Crippen molar-refractivity contribution in [3.63, 3.8) is 0 Å². The van der Waals surface area contributed by atoms with E-state index in [0.29, 0.717) is 0 Å². The lowest BCUT2D eigenvalue weighted by Gasteiger charge is -2.08. The molecule has 1 aromatic rings. The second-order valence-electron chi connectivity index (χ2n) is 3.56. The Balaban J connectivity index is 3.56. The zero-order chi connectivity index (χ0) is 15.3. The van der Waals surface area contributed by atoms with Gasteiger partial charge in [-0.25, -0.2) is 0 Å². The molecule has 2 N–H and O–H groups in total. The summed E-state index contributed by atoms with van der Waals surface area (Å²) in [7, 11) is 2.69. The summed E-state index contributed by atoms with van der Waals surface area (Å²) in [5.74, 6) is -0.586. The van der Waals surface area contributed by atoms with Crippen LogP contribution in [0.1, 0.15) is 5.56 Å². The van der Waals surface area contributed by atoms with E-state index < -0.39 is 16.4 Å². The quantitative estimate of drug-likeness (QED) is 0.370. The highest BCUT2D eigenvalue weighted by Gasteiger charge is 2.19. The molecule has 1 amide bonds. The summed E-state index contributed by atoms with van der Waals surface area (Å²) in [6, 6.07) is 4.00. The lowest BCUT2D eigenvalue weighted by atomic mass is 10.1. The van der Waals surface area contributed by atoms with Crippen LogP contribution in [0.2, 0.25) is 0 Å². The Morgan fingerprint density at radius 2 is 1.95 bits per heavy atom. The van der Waals surface area contributed by atoms with Crippen molar-refractivity contribution >= 4 is 17.7 Å². The summed E-state index contributed by atoms with van der Waals surface area (Å²) in [5, 5.41) is 19.8. The molecule has 0 aliphatic rings. The monoisotopic (exact) mass is 277 g/mol. The fourth-order valence-electron chi connectivity index (χ4n) is 1.47. The molecule has 1 aromatic carbocycles. The Morgan fingerprint density at radius 3 is 2.35 bits per heavy atom. The standard InChI is InChI=1S/C12H11N3O5/c1-19-10-4-7(3-8(6-13)12(14)16)9(15(17)18)5-11(10)20-2/h3-5H,1-2H3,(H2,14,16)/b8-3+. The summed E-state index contributed by atoms with van der Waals surface area (Å²) in [6.45, 7) is 0. The van der Waals surface area contributed by atoms with Gasteiger partial charge in [-0.1, -0.05) is 0 Å². The molecule has 0 spiro atoms. The van der Waals surface area contributed by atoms with Gasteiger partial charge in [0.1, 0.15) is 11.6 Å². The number of carbonyl (C=O) groups is 1. The van der Waals surface area contributed by atoms with E-state index in [0.717, 1.165) is 12.1 Å². The van der Waals surface area contributed by atoms with Crippen LogP contribution in [0.5, 0.6) is 11.5 Å². The second kappa shape index (κ2) is 6.19. The van der Waals surface area contributed by atoms with E-state index in [2.05, 4.69) is 0 Å². The van der Waals surface area contributed by atoms with Gasteiger partial charge in [-0.3, -0.25) is 14.9 Å². The smallest absolute Gasteiger partial charge is 0.280 e. The van der Waals surface area contributed by atoms with Crippen LogP contribution in [0.25, 0.3) is 6.08 Å². The van der Waals surface area contributed by atoms with Crippen LogP contribution in [-0.4, -0.2) is 25.1 Å². The molecule has 0 saturated carbocycles. The number of amides is 1. The van der Waals surface area contributed by atoms with Crippen LogP contribution in [0, 0.1) is 21.4 Å². The van der Waals surface area contributed by atoms with Crippen LogP contribution >= 0.6 is 0 Å². The Labute approximate surface area is 114 Å². The van der Waals surface area contributed by atoms with Gasteiger partial charge in [-0.2, -0.15) is 5.26 Å². The number of ether oxygens (including phenoxy) is 2. The van der Waals surface area contributed by atoms with Crippen LogP contribution < -0.4 is 15.2 Å². The van der Waals surface area contributed by atoms with Crippen molar-refractivity contribution in [2.75, 3.05) is 14.2 Å². The van der Waals surface area contributed by atoms with E-state index in [1.807, 2.05) is 0 Å². The summed E-state index contributed by atoms with van der Waals surface area (Å²) >= 11 is 0. The van der Waals surface area contributed by atoms with Crippen molar-refractivity contribution in [3.8, 4) is 17.6 Å². The number of nitrogens with zero attached hydrogens (tertiary/aromatic N) is 2. The fraction of sp³-hybridized carbons (Fsp3) is 0.167. The Bertz CT molecular complexity index is 631. The van der Waals surface area contributed by atoms with Gasteiger partial charge in [0.2, 0.25) is 0 Å². The van der Waals surface area contributed by atoms with Gasteiger partial charge in [-0.15, -0.1) is 0 Å². The molecule has 8 heteroatoms. The molecule has 0 fully saturated rings. The first-order valence-corrected chi connectivity index (χ1v) is 5.26. The molecule has 0 unspecified atom stereocenters. The van der Waals surface area contributed by atoms with Crippen molar-refractivity contribution in [1.29, 1.82) is 5.26 Å². The number of nitro benzene ring substituents is 1. The van der Waals surface area contributed by atoms with Crippen LogP contribution in [-0.2, 0) is 4.79 Å². The third kappa shape index (κ3) is 3.02. The lowest BCUT2D eigenvalue weighted by Crippen LogP contribution is -2.12. The molecule has 20 heavy (non-hydrogen) atoms. The van der Waals surface area contributed by atoms with E-state index in [1.165, 1.54) is 20.3 Å². The predicted molar refractivity (Wildman–Crippen MR) is 69.0 cm³/mol. The number of carbonyl (C=O) groups excluding carboxylic acids is 1. The number of nitrogens with two attached hydrogens (primary N) is 1. The van der Waals surface area contributed by atoms with Crippen molar-refractivity contribution in [1.82, 2.24) is 0 Å². The van der Waals surface area contributed by atoms with Crippen LogP contribution in [0.4, 0.5) is 5.69 Å². The largest absolute Gasteiger partial charge is 0.493 e. The minimum atomic E-state index is -0.975. The summed E-state index contributed by atoms with van der Waals surface area (Å²) < 4.78 is 9.97. The molecular weight excluding hydrogens is 266 g/mol. The number of primary amides is 1. The average molecular weight is 277 g/mol. The van der Waals surface area contributed by atoms with Crippen molar-refractivity contribution < 1.29 is 19.2 Å². The van der Waals surface area contributed by atoms with Crippen molar-refractivity contribution in [2.24, 2.45) is 5.73 Å². The van der Waals surface area contributed by atoms with Gasteiger partial charge in [0.15, 0.2) is 11.5 Å². The second-order valence-corrected chi connectivity index (χ2v) is 3.56. The normalized spacial score (nSPS) is 10.6. The van der Waals surface area contributed by atoms with Gasteiger partial charge < -0.3 is 15.2 Å². The molecule has 0 bridgehead atoms. The minimum absolute atomic E-state index is 0.0167. The number of hydrogen-bond donors (Lipinski definition) is 1. The fourth-order valence-corrected chi connectivity index (χ4v) is 1.47. The number of benzene rings is 1. The maximum atomic E-state index is 11.0. The zero-order valence-corrected chi connectivity index (χ0v) is 10.7. The number of methoxy groups -OCH3 is 2. The summed E-state index contributed by atoms with van der Waals surface area (Å²) in [5.41, 5.74) is 4.27. The highest BCUT2D eigenvalue weighted by Crippen LogP contribution is 2.35. The number of hydrogen-bond acceptors (Lipinski definition) is 6. The predicted octanol–water partition coefficient (Wildman–Crippen LogP) is 1.00. The number of rotatable bonds is 5. The molecule has 1 rings (SSSR count). The molecule has 0 saturated heterocycles. The van der Waals surface area contributed by atoms with E-state index in [1.54, 1.807) is 6.07 Å². The van der Waals surface area contributed by atoms with Gasteiger partial charge in [0.05, 0.1) is 30.8 Å². The molecule has 0 aromatic heterocycles. The first kappa shape index (κ1) is 15.0. The number of nitro groups is 1. The van der Waals surface area contributed by atoms with E-state index >= 15 is 0 Å². The summed E-state index contributed by atoms with van der Waals surface area (Å²) in [4.78, 5) is 21.3. The van der Waals surface area contributed by atoms with Crippen molar-refractivity contribution in [2.45, 2.75) is 0 Å². The van der Waals surface area contributed by atoms with E-state index in [4.69, 9.17) is 20.5 Å². The van der Waals surface area contributed by atoms with Gasteiger partial charge in [0.25, 0.3) is 11.6 Å². The lowest BCUT2D eigenvalue weighted by molar-refractivity contribution is -0.385. The third-order valence-electron chi connectivity index (χ3n) is 2.42. The molecular formula is C12H11N3O5. The van der Waals surface area contributed by atoms with Gasteiger partial charge in [0, 0.05) is 0 Å². The first-order chi connectivity index (χ1) is 9.44. The van der Waals surface area contributed by atoms with E-state index in [9.17, 15) is 14.9 Å². The Kier molecular flexibility index (Phi) is 4.64.